The van der Waals surface area contributed by atoms with Gasteiger partial charge in [-0.3, -0.25) is 4.79 Å². The molecule has 1 aliphatic carbocycles. The minimum Gasteiger partial charge on any atom is -0.494 e. The quantitative estimate of drug-likeness (QED) is 0.570. The summed E-state index contributed by atoms with van der Waals surface area (Å²) in [6.07, 6.45) is 7.87. The molecule has 1 unspecified atom stereocenters. The van der Waals surface area contributed by atoms with E-state index in [1.807, 2.05) is 19.1 Å². The van der Waals surface area contributed by atoms with Crippen molar-refractivity contribution >= 4 is 5.78 Å². The summed E-state index contributed by atoms with van der Waals surface area (Å²) < 4.78 is 5.51. The number of hydrogen-bond donors (Lipinski definition) is 0. The Kier molecular flexibility index (Phi) is 7.14. The van der Waals surface area contributed by atoms with Crippen LogP contribution in [0, 0.1) is 11.8 Å². The molecular formula is C21H32O2. The molecule has 1 fully saturated rings. The molecule has 0 bridgehead atoms. The zero-order valence-corrected chi connectivity index (χ0v) is 15.0. The van der Waals surface area contributed by atoms with Gasteiger partial charge in [-0.15, -0.1) is 0 Å². The predicted octanol–water partition coefficient (Wildman–Crippen LogP) is 5.75. The third kappa shape index (κ3) is 5.09. The highest BCUT2D eigenvalue weighted by Crippen LogP contribution is 2.38. The smallest absolute Gasteiger partial charge is 0.136 e. The van der Waals surface area contributed by atoms with E-state index in [1.54, 1.807) is 0 Å². The molecule has 3 atom stereocenters. The number of carbonyl (C=O) groups is 1. The van der Waals surface area contributed by atoms with Gasteiger partial charge in [0.2, 0.25) is 0 Å². The first-order valence-electron chi connectivity index (χ1n) is 9.41. The van der Waals surface area contributed by atoms with Crippen molar-refractivity contribution in [3.8, 4) is 5.75 Å². The second-order valence-electron chi connectivity index (χ2n) is 6.99. The summed E-state index contributed by atoms with van der Waals surface area (Å²) in [6, 6.07) is 8.42. The molecule has 23 heavy (non-hydrogen) atoms. The van der Waals surface area contributed by atoms with Gasteiger partial charge >= 0.3 is 0 Å². The van der Waals surface area contributed by atoms with E-state index >= 15 is 0 Å². The highest BCUT2D eigenvalue weighted by Gasteiger charge is 2.31. The van der Waals surface area contributed by atoms with Gasteiger partial charge in [-0.05, 0) is 55.7 Å². The fraction of sp³-hybridized carbons (Fsp3) is 0.667. The van der Waals surface area contributed by atoms with Gasteiger partial charge in [0, 0.05) is 12.3 Å². The van der Waals surface area contributed by atoms with Crippen molar-refractivity contribution in [2.24, 2.45) is 11.8 Å². The van der Waals surface area contributed by atoms with Gasteiger partial charge in [0.05, 0.1) is 6.61 Å². The molecule has 0 aliphatic heterocycles. The highest BCUT2D eigenvalue weighted by atomic mass is 16.5. The van der Waals surface area contributed by atoms with Crippen molar-refractivity contribution in [1.82, 2.24) is 0 Å². The Bertz CT molecular complexity index is 477. The van der Waals surface area contributed by atoms with E-state index in [4.69, 9.17) is 4.74 Å². The van der Waals surface area contributed by atoms with E-state index in [0.29, 0.717) is 30.1 Å². The molecular weight excluding hydrogens is 284 g/mol. The zero-order chi connectivity index (χ0) is 16.7. The minimum atomic E-state index is 0.338. The topological polar surface area (TPSA) is 26.3 Å². The van der Waals surface area contributed by atoms with E-state index in [9.17, 15) is 4.79 Å². The molecule has 0 amide bonds. The number of rotatable bonds is 8. The van der Waals surface area contributed by atoms with Gasteiger partial charge in [-0.2, -0.15) is 0 Å². The van der Waals surface area contributed by atoms with Crippen LogP contribution in [-0.2, 0) is 4.79 Å². The van der Waals surface area contributed by atoms with Gasteiger partial charge < -0.3 is 4.74 Å². The lowest BCUT2D eigenvalue weighted by atomic mass is 9.72. The van der Waals surface area contributed by atoms with Crippen LogP contribution >= 0.6 is 0 Å². The molecule has 2 nitrogen and oxygen atoms in total. The van der Waals surface area contributed by atoms with Crippen LogP contribution in [0.15, 0.2) is 24.3 Å². The van der Waals surface area contributed by atoms with Crippen molar-refractivity contribution in [2.45, 2.75) is 71.6 Å². The van der Waals surface area contributed by atoms with Gasteiger partial charge in [0.1, 0.15) is 11.5 Å². The summed E-state index contributed by atoms with van der Waals surface area (Å²) in [7, 11) is 0. The second kappa shape index (κ2) is 9.10. The van der Waals surface area contributed by atoms with Crippen LogP contribution < -0.4 is 4.74 Å². The molecule has 0 spiro atoms. The largest absolute Gasteiger partial charge is 0.494 e. The number of hydrogen-bond acceptors (Lipinski definition) is 2. The second-order valence-corrected chi connectivity index (χ2v) is 6.99. The lowest BCUT2D eigenvalue weighted by Crippen LogP contribution is -2.27. The maximum Gasteiger partial charge on any atom is 0.136 e. The van der Waals surface area contributed by atoms with Crippen molar-refractivity contribution in [3.63, 3.8) is 0 Å². The molecule has 0 aromatic heterocycles. The summed E-state index contributed by atoms with van der Waals surface area (Å²) in [5, 5.41) is 0. The van der Waals surface area contributed by atoms with E-state index in [-0.39, 0.29) is 0 Å². The van der Waals surface area contributed by atoms with E-state index in [0.717, 1.165) is 25.0 Å². The van der Waals surface area contributed by atoms with Crippen molar-refractivity contribution < 1.29 is 9.53 Å². The number of benzene rings is 1. The Hall–Kier alpha value is -1.31. The lowest BCUT2D eigenvalue weighted by molar-refractivity contribution is -0.126. The monoisotopic (exact) mass is 316 g/mol. The molecule has 1 aliphatic rings. The molecule has 2 heteroatoms. The van der Waals surface area contributed by atoms with Crippen LogP contribution in [0.5, 0.6) is 5.75 Å². The minimum absolute atomic E-state index is 0.338. The Morgan fingerprint density at radius 3 is 2.48 bits per heavy atom. The highest BCUT2D eigenvalue weighted by molar-refractivity contribution is 5.82. The average molecular weight is 316 g/mol. The predicted molar refractivity (Wildman–Crippen MR) is 96.0 cm³/mol. The van der Waals surface area contributed by atoms with Gasteiger partial charge in [0.15, 0.2) is 0 Å². The molecule has 0 radical (unpaired) electrons. The number of ether oxygens (including phenoxy) is 1. The summed E-state index contributed by atoms with van der Waals surface area (Å²) in [5.74, 6) is 2.73. The first kappa shape index (κ1) is 18.0. The van der Waals surface area contributed by atoms with Crippen molar-refractivity contribution in [1.29, 1.82) is 0 Å². The van der Waals surface area contributed by atoms with E-state index in [2.05, 4.69) is 26.0 Å². The van der Waals surface area contributed by atoms with Crippen LogP contribution in [0.3, 0.4) is 0 Å². The third-order valence-corrected chi connectivity index (χ3v) is 5.38. The van der Waals surface area contributed by atoms with Gasteiger partial charge in [-0.25, -0.2) is 0 Å². The fourth-order valence-corrected chi connectivity index (χ4v) is 3.78. The fourth-order valence-electron chi connectivity index (χ4n) is 3.78. The van der Waals surface area contributed by atoms with Crippen LogP contribution in [0.1, 0.15) is 77.2 Å². The number of carbonyl (C=O) groups excluding carboxylic acids is 1. The van der Waals surface area contributed by atoms with Crippen LogP contribution in [0.4, 0.5) is 0 Å². The van der Waals surface area contributed by atoms with Gasteiger partial charge in [-0.1, -0.05) is 45.2 Å². The summed E-state index contributed by atoms with van der Waals surface area (Å²) in [5.41, 5.74) is 1.33. The molecule has 2 rings (SSSR count). The average Bonchev–Trinajstić information content (AvgIpc) is 2.57. The summed E-state index contributed by atoms with van der Waals surface area (Å²) in [4.78, 5) is 12.5. The molecule has 0 N–H and O–H groups in total. The Labute approximate surface area is 141 Å². The Morgan fingerprint density at radius 2 is 1.87 bits per heavy atom. The maximum absolute atomic E-state index is 12.5. The van der Waals surface area contributed by atoms with E-state index < -0.39 is 0 Å². The summed E-state index contributed by atoms with van der Waals surface area (Å²) in [6.45, 7) is 7.19. The molecule has 0 saturated heterocycles. The first-order valence-corrected chi connectivity index (χ1v) is 9.41. The number of Topliss-reactive ketones (excluding diaryl/α,β-unsaturated/α-hetero) is 1. The zero-order valence-electron chi connectivity index (χ0n) is 15.0. The van der Waals surface area contributed by atoms with Crippen LogP contribution in [0.25, 0.3) is 0 Å². The van der Waals surface area contributed by atoms with Crippen LogP contribution in [0.2, 0.25) is 0 Å². The molecule has 1 aromatic rings. The van der Waals surface area contributed by atoms with Crippen LogP contribution in [-0.4, -0.2) is 12.4 Å². The first-order chi connectivity index (χ1) is 11.2. The molecule has 1 saturated carbocycles. The maximum atomic E-state index is 12.5. The SMILES string of the molecule is CCCCC[C@@H]1CC[C@H](C(C)c2ccc(OCC)cc2)CC1=O. The lowest BCUT2D eigenvalue weighted by Gasteiger charge is -2.31. The van der Waals surface area contributed by atoms with Gasteiger partial charge in [0.25, 0.3) is 0 Å². The number of unbranched alkanes of at least 4 members (excludes halogenated alkanes) is 2. The third-order valence-electron chi connectivity index (χ3n) is 5.38. The Balaban J connectivity index is 1.88. The van der Waals surface area contributed by atoms with E-state index in [1.165, 1.54) is 31.2 Å². The Morgan fingerprint density at radius 1 is 1.13 bits per heavy atom. The summed E-state index contributed by atoms with van der Waals surface area (Å²) >= 11 is 0. The molecule has 0 heterocycles. The van der Waals surface area contributed by atoms with Crippen molar-refractivity contribution in [3.05, 3.63) is 29.8 Å². The molecule has 128 valence electrons. The number of ketones is 1. The molecule has 1 aromatic carbocycles. The normalized spacial score (nSPS) is 22.8. The standard InChI is InChI=1S/C21H32O2/c1-4-6-7-8-18-9-10-19(15-21(18)22)16(3)17-11-13-20(14-12-17)23-5-2/h11-14,16,18-19H,4-10,15H2,1-3H3/t16?,18-,19+/m1/s1. The van der Waals surface area contributed by atoms with Crippen molar-refractivity contribution in [2.75, 3.05) is 6.61 Å².